The maximum atomic E-state index is 13.4. The van der Waals surface area contributed by atoms with Gasteiger partial charge in [-0.2, -0.15) is 5.26 Å². The summed E-state index contributed by atoms with van der Waals surface area (Å²) in [5.41, 5.74) is 1.93. The Morgan fingerprint density at radius 2 is 1.77 bits per heavy atom. The van der Waals surface area contributed by atoms with E-state index in [1.54, 1.807) is 12.4 Å². The second-order valence-corrected chi connectivity index (χ2v) is 7.98. The summed E-state index contributed by atoms with van der Waals surface area (Å²) in [6.07, 6.45) is 10.1. The molecule has 1 saturated carbocycles. The molecule has 1 saturated heterocycles. The predicted octanol–water partition coefficient (Wildman–Crippen LogP) is 3.28. The van der Waals surface area contributed by atoms with Gasteiger partial charge in [0.15, 0.2) is 17.8 Å². The first-order chi connectivity index (χ1) is 15.2. The van der Waals surface area contributed by atoms with E-state index in [-0.39, 0.29) is 11.9 Å². The third-order valence-corrected chi connectivity index (χ3v) is 5.96. The third kappa shape index (κ3) is 3.99. The maximum absolute atomic E-state index is 13.4. The van der Waals surface area contributed by atoms with Gasteiger partial charge in [-0.05, 0) is 37.8 Å². The van der Waals surface area contributed by atoms with Gasteiger partial charge in [-0.15, -0.1) is 0 Å². The van der Waals surface area contributed by atoms with Crippen LogP contribution in [0.5, 0.6) is 0 Å². The average Bonchev–Trinajstić information content (AvgIpc) is 3.51. The van der Waals surface area contributed by atoms with E-state index in [4.69, 9.17) is 9.68 Å². The van der Waals surface area contributed by atoms with E-state index >= 15 is 0 Å². The number of nitriles is 1. The molecule has 8 nitrogen and oxygen atoms in total. The van der Waals surface area contributed by atoms with Crippen molar-refractivity contribution in [2.24, 2.45) is 0 Å². The molecule has 0 atom stereocenters. The Hall–Kier alpha value is -3.73. The van der Waals surface area contributed by atoms with E-state index in [1.165, 1.54) is 12.6 Å². The van der Waals surface area contributed by atoms with E-state index < -0.39 is 0 Å². The van der Waals surface area contributed by atoms with Gasteiger partial charge < -0.3 is 14.2 Å². The zero-order valence-electron chi connectivity index (χ0n) is 17.0. The molecular formula is C23H22N6O2. The first kappa shape index (κ1) is 19.2. The standard InChI is InChI=1S/C23H22N6O2/c24-11-18-12-27-22(14-26-18)28-9-7-20(8-10-28)29(19-5-6-19)23(30)17-3-1-16(2-4-17)21-13-25-15-31-21/h1-4,12-15,19-20H,5-10H2. The summed E-state index contributed by atoms with van der Waals surface area (Å²) < 4.78 is 5.33. The molecule has 5 rings (SSSR count). The molecule has 2 fully saturated rings. The Morgan fingerprint density at radius 1 is 1.03 bits per heavy atom. The molecule has 1 aliphatic heterocycles. The Morgan fingerprint density at radius 3 is 2.35 bits per heavy atom. The number of aromatic nitrogens is 3. The molecule has 31 heavy (non-hydrogen) atoms. The number of oxazole rings is 1. The summed E-state index contributed by atoms with van der Waals surface area (Å²) in [5.74, 6) is 1.57. The van der Waals surface area contributed by atoms with Gasteiger partial charge in [0.2, 0.25) is 0 Å². The number of nitrogens with zero attached hydrogens (tertiary/aromatic N) is 6. The number of piperidine rings is 1. The van der Waals surface area contributed by atoms with E-state index in [0.717, 1.165) is 50.2 Å². The van der Waals surface area contributed by atoms with Crippen LogP contribution in [-0.2, 0) is 0 Å². The van der Waals surface area contributed by atoms with Gasteiger partial charge in [0.1, 0.15) is 11.9 Å². The molecule has 2 aromatic heterocycles. The van der Waals surface area contributed by atoms with Crippen LogP contribution in [0.2, 0.25) is 0 Å². The van der Waals surface area contributed by atoms with Gasteiger partial charge >= 0.3 is 0 Å². The molecule has 3 aromatic rings. The van der Waals surface area contributed by atoms with Crippen LogP contribution in [0.3, 0.4) is 0 Å². The fourth-order valence-electron chi connectivity index (χ4n) is 4.18. The summed E-state index contributed by atoms with van der Waals surface area (Å²) in [7, 11) is 0. The zero-order valence-corrected chi connectivity index (χ0v) is 17.0. The molecule has 0 N–H and O–H groups in total. The van der Waals surface area contributed by atoms with Gasteiger partial charge in [0.25, 0.3) is 5.91 Å². The highest BCUT2D eigenvalue weighted by atomic mass is 16.3. The van der Waals surface area contributed by atoms with Gasteiger partial charge in [-0.25, -0.2) is 15.0 Å². The van der Waals surface area contributed by atoms with Crippen molar-refractivity contribution in [3.8, 4) is 17.4 Å². The van der Waals surface area contributed by atoms with Crippen molar-refractivity contribution in [1.29, 1.82) is 5.26 Å². The Labute approximate surface area is 180 Å². The van der Waals surface area contributed by atoms with Crippen molar-refractivity contribution in [3.05, 3.63) is 60.5 Å². The van der Waals surface area contributed by atoms with Gasteiger partial charge in [-0.1, -0.05) is 12.1 Å². The van der Waals surface area contributed by atoms with Crippen LogP contribution in [0.25, 0.3) is 11.3 Å². The molecule has 2 aliphatic rings. The number of carbonyl (C=O) groups is 1. The van der Waals surface area contributed by atoms with Crippen LogP contribution in [0, 0.1) is 11.3 Å². The van der Waals surface area contributed by atoms with Crippen molar-refractivity contribution in [3.63, 3.8) is 0 Å². The van der Waals surface area contributed by atoms with Crippen molar-refractivity contribution < 1.29 is 9.21 Å². The monoisotopic (exact) mass is 414 g/mol. The van der Waals surface area contributed by atoms with Crippen LogP contribution in [0.4, 0.5) is 5.82 Å². The summed E-state index contributed by atoms with van der Waals surface area (Å²) in [4.78, 5) is 30.1. The number of rotatable bonds is 5. The number of carbonyl (C=O) groups excluding carboxylic acids is 1. The minimum Gasteiger partial charge on any atom is -0.444 e. The summed E-state index contributed by atoms with van der Waals surface area (Å²) >= 11 is 0. The van der Waals surface area contributed by atoms with E-state index in [1.807, 2.05) is 30.3 Å². The van der Waals surface area contributed by atoms with Gasteiger partial charge in [0.05, 0.1) is 18.6 Å². The fourth-order valence-corrected chi connectivity index (χ4v) is 4.18. The number of hydrogen-bond donors (Lipinski definition) is 0. The number of hydrogen-bond acceptors (Lipinski definition) is 7. The molecule has 0 radical (unpaired) electrons. The lowest BCUT2D eigenvalue weighted by atomic mass is 10.0. The molecule has 0 unspecified atom stereocenters. The zero-order chi connectivity index (χ0) is 21.2. The topological polar surface area (TPSA) is 99.2 Å². The summed E-state index contributed by atoms with van der Waals surface area (Å²) in [6, 6.07) is 10.1. The highest BCUT2D eigenvalue weighted by Crippen LogP contribution is 2.34. The number of benzene rings is 1. The van der Waals surface area contributed by atoms with E-state index in [2.05, 4.69) is 24.8 Å². The van der Waals surface area contributed by atoms with Crippen LogP contribution in [0.1, 0.15) is 41.7 Å². The number of anilines is 1. The summed E-state index contributed by atoms with van der Waals surface area (Å²) in [5, 5.41) is 8.89. The largest absolute Gasteiger partial charge is 0.444 e. The van der Waals surface area contributed by atoms with Crippen molar-refractivity contribution in [2.75, 3.05) is 18.0 Å². The third-order valence-electron chi connectivity index (χ3n) is 5.96. The fraction of sp³-hybridized carbons (Fsp3) is 0.348. The van der Waals surface area contributed by atoms with Crippen molar-refractivity contribution in [1.82, 2.24) is 19.9 Å². The summed E-state index contributed by atoms with van der Waals surface area (Å²) in [6.45, 7) is 1.62. The van der Waals surface area contributed by atoms with Crippen LogP contribution < -0.4 is 4.90 Å². The van der Waals surface area contributed by atoms with Crippen LogP contribution in [0.15, 0.2) is 53.7 Å². The predicted molar refractivity (Wildman–Crippen MR) is 113 cm³/mol. The second kappa shape index (κ2) is 8.19. The molecule has 1 amide bonds. The Bertz CT molecular complexity index is 1080. The molecular weight excluding hydrogens is 392 g/mol. The first-order valence-corrected chi connectivity index (χ1v) is 10.5. The SMILES string of the molecule is N#Cc1cnc(N2CCC(N(C(=O)c3ccc(-c4cnco4)cc3)C3CC3)CC2)cn1. The van der Waals surface area contributed by atoms with E-state index in [0.29, 0.717) is 23.1 Å². The molecule has 1 aliphatic carbocycles. The molecule has 8 heteroatoms. The van der Waals surface area contributed by atoms with Crippen molar-refractivity contribution in [2.45, 2.75) is 37.8 Å². The lowest BCUT2D eigenvalue weighted by Gasteiger charge is -2.39. The highest BCUT2D eigenvalue weighted by molar-refractivity contribution is 5.95. The quantitative estimate of drug-likeness (QED) is 0.632. The highest BCUT2D eigenvalue weighted by Gasteiger charge is 2.39. The second-order valence-electron chi connectivity index (χ2n) is 7.98. The lowest BCUT2D eigenvalue weighted by molar-refractivity contribution is 0.0630. The van der Waals surface area contributed by atoms with Gasteiger partial charge in [0, 0.05) is 36.3 Å². The van der Waals surface area contributed by atoms with Crippen LogP contribution >= 0.6 is 0 Å². The molecule has 1 aromatic carbocycles. The molecule has 0 bridgehead atoms. The molecule has 0 spiro atoms. The smallest absolute Gasteiger partial charge is 0.254 e. The van der Waals surface area contributed by atoms with Crippen LogP contribution in [-0.4, -0.2) is 50.9 Å². The first-order valence-electron chi connectivity index (χ1n) is 10.5. The average molecular weight is 414 g/mol. The van der Waals surface area contributed by atoms with Gasteiger partial charge in [-0.3, -0.25) is 4.79 Å². The van der Waals surface area contributed by atoms with Crippen molar-refractivity contribution >= 4 is 11.7 Å². The maximum Gasteiger partial charge on any atom is 0.254 e. The normalized spacial score (nSPS) is 16.7. The minimum atomic E-state index is 0.100. The molecule has 156 valence electrons. The lowest BCUT2D eigenvalue weighted by Crippen LogP contribution is -2.48. The number of amides is 1. The molecule has 3 heterocycles. The minimum absolute atomic E-state index is 0.100. The Balaban J connectivity index is 1.27. The Kier molecular flexibility index (Phi) is 5.08. The van der Waals surface area contributed by atoms with E-state index in [9.17, 15) is 4.79 Å².